The zero-order valence-electron chi connectivity index (χ0n) is 8.70. The van der Waals surface area contributed by atoms with Gasteiger partial charge in [0.1, 0.15) is 11.6 Å². The molecule has 4 heteroatoms. The van der Waals surface area contributed by atoms with E-state index in [0.717, 1.165) is 24.1 Å². The van der Waals surface area contributed by atoms with Gasteiger partial charge in [-0.05, 0) is 18.8 Å². The smallest absolute Gasteiger partial charge is 0.149 e. The number of anilines is 2. The summed E-state index contributed by atoms with van der Waals surface area (Å²) >= 11 is 0. The van der Waals surface area contributed by atoms with Crippen LogP contribution in [-0.2, 0) is 0 Å². The molecule has 1 aromatic heterocycles. The molecule has 1 N–H and O–H groups in total. The molecule has 14 heavy (non-hydrogen) atoms. The van der Waals surface area contributed by atoms with E-state index in [0.29, 0.717) is 0 Å². The summed E-state index contributed by atoms with van der Waals surface area (Å²) in [6.07, 6.45) is 6.25. The minimum atomic E-state index is 0.861. The molecular weight excluding hydrogens is 176 g/mol. The molecule has 0 radical (unpaired) electrons. The van der Waals surface area contributed by atoms with Crippen LogP contribution < -0.4 is 10.2 Å². The summed E-state index contributed by atoms with van der Waals surface area (Å²) in [5, 5.41) is 3.30. The summed E-state index contributed by atoms with van der Waals surface area (Å²) < 4.78 is 0. The summed E-state index contributed by atoms with van der Waals surface area (Å²) in [7, 11) is 3.93. The van der Waals surface area contributed by atoms with Gasteiger partial charge in [0.15, 0.2) is 0 Å². The van der Waals surface area contributed by atoms with Gasteiger partial charge in [-0.25, -0.2) is 4.98 Å². The van der Waals surface area contributed by atoms with E-state index in [1.54, 1.807) is 12.4 Å². The number of nitrogens with one attached hydrogen (secondary N) is 1. The van der Waals surface area contributed by atoms with Gasteiger partial charge in [-0.2, -0.15) is 0 Å². The van der Waals surface area contributed by atoms with Crippen LogP contribution in [0.3, 0.4) is 0 Å². The van der Waals surface area contributed by atoms with E-state index in [1.165, 1.54) is 12.8 Å². The maximum Gasteiger partial charge on any atom is 0.149 e. The second-order valence-corrected chi connectivity index (χ2v) is 3.98. The molecule has 0 atom stereocenters. The molecule has 1 aromatic rings. The molecule has 4 nitrogen and oxygen atoms in total. The van der Waals surface area contributed by atoms with Gasteiger partial charge in [-0.1, -0.05) is 0 Å². The summed E-state index contributed by atoms with van der Waals surface area (Å²) in [5.41, 5.74) is 0. The van der Waals surface area contributed by atoms with Crippen molar-refractivity contribution in [1.29, 1.82) is 0 Å². The molecule has 0 unspecified atom stereocenters. The van der Waals surface area contributed by atoms with Crippen LogP contribution in [0.4, 0.5) is 11.6 Å². The van der Waals surface area contributed by atoms with Crippen molar-refractivity contribution in [3.8, 4) is 0 Å². The Balaban J connectivity index is 1.97. The van der Waals surface area contributed by atoms with Crippen molar-refractivity contribution >= 4 is 11.6 Å². The van der Waals surface area contributed by atoms with E-state index in [-0.39, 0.29) is 0 Å². The number of hydrogen-bond donors (Lipinski definition) is 1. The highest BCUT2D eigenvalue weighted by atomic mass is 15.2. The molecule has 0 bridgehead atoms. The highest BCUT2D eigenvalue weighted by molar-refractivity contribution is 5.42. The van der Waals surface area contributed by atoms with Gasteiger partial charge < -0.3 is 10.2 Å². The third-order valence-electron chi connectivity index (χ3n) is 2.35. The lowest BCUT2D eigenvalue weighted by molar-refractivity contribution is 0.879. The summed E-state index contributed by atoms with van der Waals surface area (Å²) in [5.74, 6) is 2.63. The maximum atomic E-state index is 4.42. The summed E-state index contributed by atoms with van der Waals surface area (Å²) in [6.45, 7) is 1.03. The molecule has 76 valence electrons. The number of nitrogens with zero attached hydrogens (tertiary/aromatic N) is 3. The predicted molar refractivity (Wildman–Crippen MR) is 57.6 cm³/mol. The number of hydrogen-bond acceptors (Lipinski definition) is 4. The van der Waals surface area contributed by atoms with Crippen LogP contribution in [0.5, 0.6) is 0 Å². The Morgan fingerprint density at radius 1 is 1.43 bits per heavy atom. The third-order valence-corrected chi connectivity index (χ3v) is 2.35. The Morgan fingerprint density at radius 3 is 2.86 bits per heavy atom. The fourth-order valence-electron chi connectivity index (χ4n) is 1.23. The molecule has 1 heterocycles. The summed E-state index contributed by atoms with van der Waals surface area (Å²) in [4.78, 5) is 10.5. The van der Waals surface area contributed by atoms with Crippen molar-refractivity contribution in [3.05, 3.63) is 12.4 Å². The average Bonchev–Trinajstić information content (AvgIpc) is 2.99. The van der Waals surface area contributed by atoms with Gasteiger partial charge >= 0.3 is 0 Å². The van der Waals surface area contributed by atoms with E-state index in [2.05, 4.69) is 15.3 Å². The molecule has 2 rings (SSSR count). The molecule has 1 saturated carbocycles. The molecule has 0 amide bonds. The topological polar surface area (TPSA) is 41.1 Å². The Morgan fingerprint density at radius 2 is 2.21 bits per heavy atom. The first-order valence-electron chi connectivity index (χ1n) is 4.99. The van der Waals surface area contributed by atoms with E-state index in [9.17, 15) is 0 Å². The van der Waals surface area contributed by atoms with Crippen molar-refractivity contribution in [2.45, 2.75) is 12.8 Å². The van der Waals surface area contributed by atoms with Crippen LogP contribution in [0.1, 0.15) is 12.8 Å². The minimum absolute atomic E-state index is 0.861. The number of rotatable bonds is 4. The molecule has 0 spiro atoms. The van der Waals surface area contributed by atoms with Crippen molar-refractivity contribution in [2.75, 3.05) is 30.9 Å². The molecule has 0 saturated heterocycles. The average molecular weight is 192 g/mol. The molecular formula is C10H16N4. The van der Waals surface area contributed by atoms with Crippen LogP contribution in [0, 0.1) is 5.92 Å². The predicted octanol–water partition coefficient (Wildman–Crippen LogP) is 1.36. The minimum Gasteiger partial charge on any atom is -0.368 e. The van der Waals surface area contributed by atoms with Crippen LogP contribution in [0.15, 0.2) is 12.4 Å². The van der Waals surface area contributed by atoms with Crippen molar-refractivity contribution in [1.82, 2.24) is 9.97 Å². The van der Waals surface area contributed by atoms with Gasteiger partial charge in [0.25, 0.3) is 0 Å². The van der Waals surface area contributed by atoms with Crippen molar-refractivity contribution < 1.29 is 0 Å². The van der Waals surface area contributed by atoms with Gasteiger partial charge in [0.05, 0.1) is 12.4 Å². The van der Waals surface area contributed by atoms with E-state index >= 15 is 0 Å². The molecule has 0 aliphatic heterocycles. The zero-order valence-corrected chi connectivity index (χ0v) is 8.70. The van der Waals surface area contributed by atoms with Crippen molar-refractivity contribution in [3.63, 3.8) is 0 Å². The van der Waals surface area contributed by atoms with Gasteiger partial charge in [0.2, 0.25) is 0 Å². The standard InChI is InChI=1S/C10H16N4/c1-14(2)10-7-11-6-9(13-10)12-5-8-3-4-8/h6-8H,3-5H2,1-2H3,(H,12,13). The lowest BCUT2D eigenvalue weighted by Crippen LogP contribution is -2.13. The van der Waals surface area contributed by atoms with E-state index < -0.39 is 0 Å². The Kier molecular flexibility index (Phi) is 2.52. The van der Waals surface area contributed by atoms with E-state index in [1.807, 2.05) is 19.0 Å². The maximum absolute atomic E-state index is 4.42. The van der Waals surface area contributed by atoms with Gasteiger partial charge in [-0.3, -0.25) is 4.98 Å². The fraction of sp³-hybridized carbons (Fsp3) is 0.600. The SMILES string of the molecule is CN(C)c1cncc(NCC2CC2)n1. The zero-order chi connectivity index (χ0) is 9.97. The quantitative estimate of drug-likeness (QED) is 0.782. The van der Waals surface area contributed by atoms with Crippen LogP contribution in [-0.4, -0.2) is 30.6 Å². The molecule has 1 fully saturated rings. The first-order valence-corrected chi connectivity index (χ1v) is 4.99. The Hall–Kier alpha value is -1.32. The number of aromatic nitrogens is 2. The molecule has 0 aromatic carbocycles. The fourth-order valence-corrected chi connectivity index (χ4v) is 1.23. The highest BCUT2D eigenvalue weighted by Gasteiger charge is 2.20. The monoisotopic (exact) mass is 192 g/mol. The van der Waals surface area contributed by atoms with Crippen LogP contribution in [0.2, 0.25) is 0 Å². The highest BCUT2D eigenvalue weighted by Crippen LogP contribution is 2.28. The second kappa shape index (κ2) is 3.82. The molecule has 1 aliphatic carbocycles. The lowest BCUT2D eigenvalue weighted by Gasteiger charge is -2.12. The van der Waals surface area contributed by atoms with Crippen molar-refractivity contribution in [2.24, 2.45) is 5.92 Å². The summed E-state index contributed by atoms with van der Waals surface area (Å²) in [6, 6.07) is 0. The third kappa shape index (κ3) is 2.34. The first-order chi connectivity index (χ1) is 6.75. The Bertz CT molecular complexity index is 307. The van der Waals surface area contributed by atoms with Gasteiger partial charge in [0, 0.05) is 20.6 Å². The first kappa shape index (κ1) is 9.24. The normalized spacial score (nSPS) is 15.3. The largest absolute Gasteiger partial charge is 0.368 e. The van der Waals surface area contributed by atoms with Gasteiger partial charge in [-0.15, -0.1) is 0 Å². The van der Waals surface area contributed by atoms with Crippen LogP contribution in [0.25, 0.3) is 0 Å². The second-order valence-electron chi connectivity index (χ2n) is 3.98. The lowest BCUT2D eigenvalue weighted by atomic mass is 10.4. The van der Waals surface area contributed by atoms with E-state index in [4.69, 9.17) is 0 Å². The molecule has 1 aliphatic rings. The van der Waals surface area contributed by atoms with Crippen LogP contribution >= 0.6 is 0 Å². The Labute approximate surface area is 84.4 Å².